The Bertz CT molecular complexity index is 3170. The predicted octanol–water partition coefficient (Wildman–Crippen LogP) is 13.0. The first kappa shape index (κ1) is 27.2. The Labute approximate surface area is 326 Å². The quantitative estimate of drug-likeness (QED) is 0.166. The highest BCUT2D eigenvalue weighted by Crippen LogP contribution is 2.38. The van der Waals surface area contributed by atoms with Gasteiger partial charge in [0.2, 0.25) is 0 Å². The highest BCUT2D eigenvalue weighted by atomic mass is 15.0. The molecule has 10 rings (SSSR count). The minimum absolute atomic E-state index is 0.109. The summed E-state index contributed by atoms with van der Waals surface area (Å²) in [5, 5.41) is 2.04. The number of hydrogen-bond donors (Lipinski definition) is 0. The summed E-state index contributed by atoms with van der Waals surface area (Å²) < 4.78 is 45.6. The van der Waals surface area contributed by atoms with Crippen LogP contribution in [0.25, 0.3) is 95.0 Å². The predicted molar refractivity (Wildman–Crippen MR) is 227 cm³/mol. The van der Waals surface area contributed by atoms with Crippen molar-refractivity contribution in [2.24, 2.45) is 0 Å². The number of hydrogen-bond acceptors (Lipinski definition) is 3. The smallest absolute Gasteiger partial charge is 0.164 e. The van der Waals surface area contributed by atoms with E-state index in [1.165, 1.54) is 0 Å². The first-order chi connectivity index (χ1) is 29.3. The van der Waals surface area contributed by atoms with Gasteiger partial charge < -0.3 is 4.57 Å². The zero-order valence-corrected chi connectivity index (χ0v) is 29.5. The standard InChI is InChI=1S/C51H34N4/c1-4-15-35(16-5-1)37-27-29-39(30-28-37)49-52-50(41-22-14-21-40(33-41)36-17-6-2-7-18-36)54-51(53-49)42-31-32-43(38-19-8-3-9-20-38)48(34-42)55-46-25-12-10-23-44(46)45-24-11-13-26-47(45)55/h1-34H/i3D,8D,9D,19D,20D. The number of nitrogens with zero attached hydrogens (tertiary/aromatic N) is 4. The van der Waals surface area contributed by atoms with Crippen LogP contribution in [-0.2, 0) is 0 Å². The van der Waals surface area contributed by atoms with Crippen LogP contribution in [-0.4, -0.2) is 19.5 Å². The number of aromatic nitrogens is 4. The molecule has 0 atom stereocenters. The summed E-state index contributed by atoms with van der Waals surface area (Å²) in [6, 6.07) is 56.7. The Morgan fingerprint density at radius 2 is 0.800 bits per heavy atom. The number of para-hydroxylation sites is 2. The maximum Gasteiger partial charge on any atom is 0.164 e. The van der Waals surface area contributed by atoms with E-state index in [0.717, 1.165) is 55.2 Å². The summed E-state index contributed by atoms with van der Waals surface area (Å²) in [7, 11) is 0. The maximum atomic E-state index is 9.02. The van der Waals surface area contributed by atoms with Crippen LogP contribution in [0.1, 0.15) is 6.85 Å². The summed E-state index contributed by atoms with van der Waals surface area (Å²) >= 11 is 0. The molecule has 10 aromatic rings. The van der Waals surface area contributed by atoms with Crippen molar-refractivity contribution in [1.29, 1.82) is 0 Å². The van der Waals surface area contributed by atoms with Gasteiger partial charge in [0, 0.05) is 33.0 Å². The highest BCUT2D eigenvalue weighted by Gasteiger charge is 2.19. The van der Waals surface area contributed by atoms with Crippen molar-refractivity contribution in [3.8, 4) is 73.2 Å². The lowest BCUT2D eigenvalue weighted by Crippen LogP contribution is -2.02. The molecule has 0 radical (unpaired) electrons. The lowest BCUT2D eigenvalue weighted by atomic mass is 10.00. The molecule has 8 aromatic carbocycles. The van der Waals surface area contributed by atoms with E-state index in [1.807, 2.05) is 115 Å². The molecule has 0 aliphatic heterocycles. The number of rotatable bonds is 7. The normalized spacial score (nSPS) is 12.5. The van der Waals surface area contributed by atoms with Crippen molar-refractivity contribution in [2.75, 3.05) is 0 Å². The van der Waals surface area contributed by atoms with Crippen LogP contribution in [0.4, 0.5) is 0 Å². The Morgan fingerprint density at radius 1 is 0.345 bits per heavy atom. The van der Waals surface area contributed by atoms with E-state index >= 15 is 0 Å². The molecule has 0 N–H and O–H groups in total. The second-order valence-electron chi connectivity index (χ2n) is 13.3. The van der Waals surface area contributed by atoms with Crippen LogP contribution in [0.3, 0.4) is 0 Å². The summed E-state index contributed by atoms with van der Waals surface area (Å²) in [6.45, 7) is 0. The van der Waals surface area contributed by atoms with Crippen molar-refractivity contribution in [3.05, 3.63) is 206 Å². The third kappa shape index (κ3) is 6.06. The number of fused-ring (bicyclic) bond motifs is 3. The van der Waals surface area contributed by atoms with Gasteiger partial charge in [0.15, 0.2) is 17.5 Å². The van der Waals surface area contributed by atoms with Gasteiger partial charge in [-0.05, 0) is 52.1 Å². The van der Waals surface area contributed by atoms with Gasteiger partial charge in [-0.2, -0.15) is 0 Å². The topological polar surface area (TPSA) is 43.6 Å². The lowest BCUT2D eigenvalue weighted by molar-refractivity contribution is 1.07. The van der Waals surface area contributed by atoms with E-state index in [9.17, 15) is 0 Å². The molecule has 0 amide bonds. The van der Waals surface area contributed by atoms with E-state index < -0.39 is 18.1 Å². The fraction of sp³-hybridized carbons (Fsp3) is 0. The number of benzene rings is 8. The SMILES string of the molecule is [2H]c1c([2H])c([2H])c(-c2ccc(-c3nc(-c4ccc(-c5ccccc5)cc4)nc(-c4cccc(-c5ccccc5)c4)n3)cc2-n2c3ccccc3c3ccccc32)c([2H])c1[2H]. The average molecular weight is 708 g/mol. The van der Waals surface area contributed by atoms with Crippen molar-refractivity contribution in [2.45, 2.75) is 0 Å². The lowest BCUT2D eigenvalue weighted by Gasteiger charge is -2.16. The molecule has 0 aliphatic rings. The maximum absolute atomic E-state index is 9.02. The van der Waals surface area contributed by atoms with Crippen LogP contribution >= 0.6 is 0 Å². The highest BCUT2D eigenvalue weighted by molar-refractivity contribution is 6.09. The van der Waals surface area contributed by atoms with E-state index in [-0.39, 0.29) is 17.6 Å². The third-order valence-corrected chi connectivity index (χ3v) is 9.96. The molecule has 55 heavy (non-hydrogen) atoms. The molecule has 4 nitrogen and oxygen atoms in total. The third-order valence-electron chi connectivity index (χ3n) is 9.96. The summed E-state index contributed by atoms with van der Waals surface area (Å²) in [5.41, 5.74) is 9.58. The van der Waals surface area contributed by atoms with Crippen molar-refractivity contribution in [3.63, 3.8) is 0 Å². The summed E-state index contributed by atoms with van der Waals surface area (Å²) in [5.74, 6) is 1.41. The molecule has 2 heterocycles. The van der Waals surface area contributed by atoms with Gasteiger partial charge in [0.05, 0.1) is 23.6 Å². The molecule has 0 aliphatic carbocycles. The minimum atomic E-state index is -0.442. The Balaban J connectivity index is 1.22. The van der Waals surface area contributed by atoms with E-state index in [2.05, 4.69) is 65.2 Å². The fourth-order valence-corrected chi connectivity index (χ4v) is 7.31. The zero-order valence-electron chi connectivity index (χ0n) is 34.5. The van der Waals surface area contributed by atoms with Crippen LogP contribution in [0.5, 0.6) is 0 Å². The molecule has 0 saturated heterocycles. The second-order valence-corrected chi connectivity index (χ2v) is 13.3. The molecule has 4 heteroatoms. The molecule has 258 valence electrons. The average Bonchev–Trinajstić information content (AvgIpc) is 3.65. The molecular weight excluding hydrogens is 669 g/mol. The van der Waals surface area contributed by atoms with Crippen molar-refractivity contribution < 1.29 is 6.85 Å². The summed E-state index contributed by atoms with van der Waals surface area (Å²) in [4.78, 5) is 15.3. The van der Waals surface area contributed by atoms with Gasteiger partial charge in [-0.1, -0.05) is 182 Å². The largest absolute Gasteiger partial charge is 0.309 e. The van der Waals surface area contributed by atoms with Crippen LogP contribution in [0.15, 0.2) is 206 Å². The molecule has 2 aromatic heterocycles. The van der Waals surface area contributed by atoms with Crippen LogP contribution < -0.4 is 0 Å². The van der Waals surface area contributed by atoms with Gasteiger partial charge in [-0.15, -0.1) is 0 Å². The first-order valence-electron chi connectivity index (χ1n) is 20.6. The molecule has 0 spiro atoms. The van der Waals surface area contributed by atoms with Crippen molar-refractivity contribution in [1.82, 2.24) is 19.5 Å². The van der Waals surface area contributed by atoms with Crippen molar-refractivity contribution >= 4 is 21.8 Å². The van der Waals surface area contributed by atoms with Gasteiger partial charge in [0.25, 0.3) is 0 Å². The molecule has 0 fully saturated rings. The Kier molecular flexibility index (Phi) is 6.85. The van der Waals surface area contributed by atoms with E-state index in [4.69, 9.17) is 21.8 Å². The Hall–Kier alpha value is -7.43. The minimum Gasteiger partial charge on any atom is -0.309 e. The van der Waals surface area contributed by atoms with E-state index in [1.54, 1.807) is 0 Å². The first-order valence-corrected chi connectivity index (χ1v) is 18.1. The molecule has 0 bridgehead atoms. The van der Waals surface area contributed by atoms with Gasteiger partial charge in [-0.25, -0.2) is 15.0 Å². The summed E-state index contributed by atoms with van der Waals surface area (Å²) in [6.07, 6.45) is 0. The van der Waals surface area contributed by atoms with Gasteiger partial charge >= 0.3 is 0 Å². The fourth-order valence-electron chi connectivity index (χ4n) is 7.31. The monoisotopic (exact) mass is 707 g/mol. The van der Waals surface area contributed by atoms with Crippen LogP contribution in [0.2, 0.25) is 0 Å². The molecular formula is C51H34N4. The zero-order chi connectivity index (χ0) is 40.9. The van der Waals surface area contributed by atoms with Crippen LogP contribution in [0, 0.1) is 0 Å². The second kappa shape index (κ2) is 13.8. The molecule has 0 saturated carbocycles. The van der Waals surface area contributed by atoms with E-state index in [0.29, 0.717) is 34.3 Å². The molecule has 0 unspecified atom stereocenters. The van der Waals surface area contributed by atoms with Gasteiger partial charge in [-0.3, -0.25) is 0 Å². The van der Waals surface area contributed by atoms with Gasteiger partial charge in [0.1, 0.15) is 0 Å². The Morgan fingerprint density at radius 3 is 1.44 bits per heavy atom.